The molecule has 19 heavy (non-hydrogen) atoms. The Kier molecular flexibility index (Phi) is 5.35. The minimum Gasteiger partial charge on any atom is -0.395 e. The molecule has 0 fully saturated rings. The Morgan fingerprint density at radius 1 is 1.32 bits per heavy atom. The highest BCUT2D eigenvalue weighted by molar-refractivity contribution is 5.98. The first-order valence-corrected chi connectivity index (χ1v) is 6.37. The van der Waals surface area contributed by atoms with Crippen LogP contribution in [0.4, 0.5) is 5.69 Å². The molecule has 0 radical (unpaired) electrons. The first kappa shape index (κ1) is 15.0. The number of aryl methyl sites for hydroxylation is 2. The largest absolute Gasteiger partial charge is 0.395 e. The maximum absolute atomic E-state index is 12.0. The number of hydrogen-bond acceptors (Lipinski definition) is 4. The van der Waals surface area contributed by atoms with Gasteiger partial charge in [0, 0.05) is 26.6 Å². The van der Waals surface area contributed by atoms with Crippen molar-refractivity contribution in [2.75, 3.05) is 18.8 Å². The molecular formula is C12H21N5O2. The third-order valence-electron chi connectivity index (χ3n) is 2.72. The monoisotopic (exact) mass is 267 g/mol. The maximum atomic E-state index is 12.0. The molecule has 0 aliphatic carbocycles. The summed E-state index contributed by atoms with van der Waals surface area (Å²) in [7, 11) is 1.67. The number of carbonyl (C=O) groups excluding carboxylic acids is 2. The molecule has 2 amide bonds. The second kappa shape index (κ2) is 6.77. The summed E-state index contributed by atoms with van der Waals surface area (Å²) in [5, 5.41) is 9.50. The number of nitrogens with one attached hydrogen (secondary N) is 2. The average molecular weight is 267 g/mol. The Bertz CT molecular complexity index is 467. The molecule has 106 valence electrons. The van der Waals surface area contributed by atoms with Crippen LogP contribution in [0.15, 0.2) is 0 Å². The lowest BCUT2D eigenvalue weighted by atomic mass is 10.2. The zero-order valence-electron chi connectivity index (χ0n) is 11.6. The summed E-state index contributed by atoms with van der Waals surface area (Å²) in [5.41, 5.74) is 7.32. The number of carbonyl (C=O) groups is 2. The zero-order valence-corrected chi connectivity index (χ0v) is 11.6. The highest BCUT2D eigenvalue weighted by Crippen LogP contribution is 2.16. The van der Waals surface area contributed by atoms with E-state index in [1.54, 1.807) is 7.05 Å². The highest BCUT2D eigenvalue weighted by Gasteiger charge is 2.18. The maximum Gasteiger partial charge on any atom is 0.271 e. The lowest BCUT2D eigenvalue weighted by Gasteiger charge is -2.06. The molecule has 7 nitrogen and oxygen atoms in total. The van der Waals surface area contributed by atoms with Crippen LogP contribution in [0.5, 0.6) is 0 Å². The lowest BCUT2D eigenvalue weighted by molar-refractivity contribution is -0.120. The molecule has 7 heteroatoms. The van der Waals surface area contributed by atoms with Gasteiger partial charge in [0.1, 0.15) is 5.69 Å². The Morgan fingerprint density at radius 3 is 2.53 bits per heavy atom. The summed E-state index contributed by atoms with van der Waals surface area (Å²) < 4.78 is 1.47. The van der Waals surface area contributed by atoms with Gasteiger partial charge in [-0.05, 0) is 13.3 Å². The number of nitrogens with two attached hydrogens (primary N) is 1. The van der Waals surface area contributed by atoms with Crippen LogP contribution in [-0.2, 0) is 18.3 Å². The summed E-state index contributed by atoms with van der Waals surface area (Å²) in [6, 6.07) is 0. The smallest absolute Gasteiger partial charge is 0.271 e. The van der Waals surface area contributed by atoms with Crippen LogP contribution in [0.2, 0.25) is 0 Å². The Balaban J connectivity index is 2.59. The van der Waals surface area contributed by atoms with E-state index in [0.717, 1.165) is 0 Å². The van der Waals surface area contributed by atoms with Crippen LogP contribution in [0.1, 0.15) is 36.5 Å². The Morgan fingerprint density at radius 2 is 2.00 bits per heavy atom. The van der Waals surface area contributed by atoms with Gasteiger partial charge in [-0.15, -0.1) is 0 Å². The van der Waals surface area contributed by atoms with Crippen LogP contribution >= 0.6 is 0 Å². The van der Waals surface area contributed by atoms with Gasteiger partial charge in [0.05, 0.1) is 11.4 Å². The van der Waals surface area contributed by atoms with Gasteiger partial charge in [0.15, 0.2) is 0 Å². The van der Waals surface area contributed by atoms with Gasteiger partial charge in [0.2, 0.25) is 5.91 Å². The summed E-state index contributed by atoms with van der Waals surface area (Å²) in [5.74, 6) is -0.397. The van der Waals surface area contributed by atoms with Gasteiger partial charge in [-0.25, -0.2) is 0 Å². The topological polar surface area (TPSA) is 102 Å². The van der Waals surface area contributed by atoms with Crippen molar-refractivity contribution < 1.29 is 9.59 Å². The number of nitrogen functional groups attached to an aromatic ring is 1. The average Bonchev–Trinajstić information content (AvgIpc) is 2.64. The molecule has 0 bridgehead atoms. The molecule has 0 spiro atoms. The van der Waals surface area contributed by atoms with Gasteiger partial charge in [-0.1, -0.05) is 6.92 Å². The van der Waals surface area contributed by atoms with Crippen molar-refractivity contribution in [3.63, 3.8) is 0 Å². The number of hydrogen-bond donors (Lipinski definition) is 3. The van der Waals surface area contributed by atoms with Crippen LogP contribution in [0.25, 0.3) is 0 Å². The van der Waals surface area contributed by atoms with Crippen molar-refractivity contribution in [1.82, 2.24) is 20.4 Å². The van der Waals surface area contributed by atoms with Gasteiger partial charge in [-0.2, -0.15) is 5.10 Å². The molecule has 0 unspecified atom stereocenters. The Hall–Kier alpha value is -2.05. The van der Waals surface area contributed by atoms with E-state index in [9.17, 15) is 9.59 Å². The molecule has 1 heterocycles. The SMILES string of the molecule is CCNC(=O)CCNC(=O)c1c(N)c(CC)nn1C. The molecule has 0 atom stereocenters. The predicted octanol–water partition coefficient (Wildman–Crippen LogP) is -0.179. The van der Waals surface area contributed by atoms with E-state index in [0.29, 0.717) is 30.0 Å². The molecule has 0 aliphatic heterocycles. The summed E-state index contributed by atoms with van der Waals surface area (Å²) in [6.07, 6.45) is 0.920. The van der Waals surface area contributed by atoms with Crippen molar-refractivity contribution in [2.24, 2.45) is 7.05 Å². The highest BCUT2D eigenvalue weighted by atomic mass is 16.2. The molecule has 1 rings (SSSR count). The zero-order chi connectivity index (χ0) is 14.4. The molecule has 1 aromatic heterocycles. The van der Waals surface area contributed by atoms with E-state index in [1.165, 1.54) is 4.68 Å². The fraction of sp³-hybridized carbons (Fsp3) is 0.583. The van der Waals surface area contributed by atoms with Crippen LogP contribution in [0, 0.1) is 0 Å². The van der Waals surface area contributed by atoms with Gasteiger partial charge in [-0.3, -0.25) is 14.3 Å². The van der Waals surface area contributed by atoms with Crippen molar-refractivity contribution >= 4 is 17.5 Å². The van der Waals surface area contributed by atoms with Crippen molar-refractivity contribution in [2.45, 2.75) is 26.7 Å². The van der Waals surface area contributed by atoms with Crippen LogP contribution in [-0.4, -0.2) is 34.7 Å². The first-order valence-electron chi connectivity index (χ1n) is 6.37. The number of nitrogens with zero attached hydrogens (tertiary/aromatic N) is 2. The van der Waals surface area contributed by atoms with Crippen LogP contribution < -0.4 is 16.4 Å². The molecule has 0 aliphatic rings. The molecule has 4 N–H and O–H groups in total. The van der Waals surface area contributed by atoms with Crippen molar-refractivity contribution in [1.29, 1.82) is 0 Å². The third-order valence-corrected chi connectivity index (χ3v) is 2.72. The van der Waals surface area contributed by atoms with Gasteiger partial charge in [0.25, 0.3) is 5.91 Å². The molecule has 1 aromatic rings. The Labute approximate surface area is 112 Å². The normalized spacial score (nSPS) is 10.3. The molecule has 0 saturated carbocycles. The second-order valence-electron chi connectivity index (χ2n) is 4.15. The molecule has 0 aromatic carbocycles. The molecule has 0 saturated heterocycles. The fourth-order valence-electron chi connectivity index (χ4n) is 1.79. The van der Waals surface area contributed by atoms with Gasteiger partial charge < -0.3 is 16.4 Å². The molecular weight excluding hydrogens is 246 g/mol. The van der Waals surface area contributed by atoms with Crippen molar-refractivity contribution in [3.05, 3.63) is 11.4 Å². The van der Waals surface area contributed by atoms with Gasteiger partial charge >= 0.3 is 0 Å². The van der Waals surface area contributed by atoms with E-state index in [4.69, 9.17) is 5.73 Å². The first-order chi connectivity index (χ1) is 9.01. The van der Waals surface area contributed by atoms with E-state index in [2.05, 4.69) is 15.7 Å². The van der Waals surface area contributed by atoms with E-state index in [-0.39, 0.29) is 24.8 Å². The number of amides is 2. The van der Waals surface area contributed by atoms with Crippen molar-refractivity contribution in [3.8, 4) is 0 Å². The number of rotatable bonds is 6. The standard InChI is InChI=1S/C12H21N5O2/c1-4-8-10(13)11(17(3)16-8)12(19)15-7-6-9(18)14-5-2/h4-7,13H2,1-3H3,(H,14,18)(H,15,19). The predicted molar refractivity (Wildman–Crippen MR) is 72.6 cm³/mol. The van der Waals surface area contributed by atoms with E-state index >= 15 is 0 Å². The second-order valence-corrected chi connectivity index (χ2v) is 4.15. The summed E-state index contributed by atoms with van der Waals surface area (Å²) in [4.78, 5) is 23.2. The number of aromatic nitrogens is 2. The summed E-state index contributed by atoms with van der Waals surface area (Å²) in [6.45, 7) is 4.63. The third kappa shape index (κ3) is 3.70. The minimum absolute atomic E-state index is 0.0879. The van der Waals surface area contributed by atoms with E-state index in [1.807, 2.05) is 13.8 Å². The summed E-state index contributed by atoms with van der Waals surface area (Å²) >= 11 is 0. The number of anilines is 1. The fourth-order valence-corrected chi connectivity index (χ4v) is 1.79. The van der Waals surface area contributed by atoms with E-state index < -0.39 is 0 Å². The van der Waals surface area contributed by atoms with Crippen LogP contribution in [0.3, 0.4) is 0 Å². The quantitative estimate of drug-likeness (QED) is 0.665. The minimum atomic E-state index is -0.309. The lowest BCUT2D eigenvalue weighted by Crippen LogP contribution is -2.31.